The van der Waals surface area contributed by atoms with E-state index < -0.39 is 48.4 Å². The van der Waals surface area contributed by atoms with Crippen LogP contribution in [0.3, 0.4) is 0 Å². The topological polar surface area (TPSA) is 132 Å². The first kappa shape index (κ1) is 14.5. The van der Waals surface area contributed by atoms with Crippen molar-refractivity contribution in [1.82, 2.24) is 4.90 Å². The van der Waals surface area contributed by atoms with Crippen molar-refractivity contribution in [2.24, 2.45) is 0 Å². The number of phenolic OH excluding ortho intramolecular Hbond substituents is 1. The van der Waals surface area contributed by atoms with Gasteiger partial charge in [0.2, 0.25) is 0 Å². The van der Waals surface area contributed by atoms with Crippen molar-refractivity contribution in [3.63, 3.8) is 0 Å². The molecule has 1 aromatic carbocycles. The molecule has 2 rings (SSSR count). The smallest absolute Gasteiger partial charge is 0.326 e. The predicted molar refractivity (Wildman–Crippen MR) is 66.9 cm³/mol. The minimum absolute atomic E-state index is 0.0958. The van der Waals surface area contributed by atoms with Gasteiger partial charge in [-0.1, -0.05) is 6.07 Å². The average Bonchev–Trinajstić information content (AvgIpc) is 2.64. The van der Waals surface area contributed by atoms with E-state index in [0.29, 0.717) is 4.90 Å². The zero-order valence-electron chi connectivity index (χ0n) is 10.6. The molecule has 0 saturated heterocycles. The number of hydrogen-bond donors (Lipinski definition) is 3. The lowest BCUT2D eigenvalue weighted by atomic mass is 10.1. The standard InChI is InChI=1S/C13H11NO7/c15-8-3-1-2-6-10(8)12(19)14(11(6)18)7(13(20)21)4-5-9(16)17/h1-3,7,15H,4-5H2,(H,16,17)(H,20,21)/t7-/m0/s1. The van der Waals surface area contributed by atoms with Gasteiger partial charge in [-0.2, -0.15) is 0 Å². The Balaban J connectivity index is 2.38. The maximum Gasteiger partial charge on any atom is 0.326 e. The van der Waals surface area contributed by atoms with E-state index in [4.69, 9.17) is 10.2 Å². The van der Waals surface area contributed by atoms with Gasteiger partial charge in [0.15, 0.2) is 0 Å². The van der Waals surface area contributed by atoms with Crippen molar-refractivity contribution >= 4 is 23.8 Å². The van der Waals surface area contributed by atoms with E-state index in [2.05, 4.69) is 0 Å². The second-order valence-electron chi connectivity index (χ2n) is 4.47. The Bertz CT molecular complexity index is 652. The monoisotopic (exact) mass is 293 g/mol. The van der Waals surface area contributed by atoms with Crippen LogP contribution in [0.2, 0.25) is 0 Å². The van der Waals surface area contributed by atoms with Crippen LogP contribution >= 0.6 is 0 Å². The van der Waals surface area contributed by atoms with Gasteiger partial charge < -0.3 is 15.3 Å². The van der Waals surface area contributed by atoms with Gasteiger partial charge in [0.1, 0.15) is 11.8 Å². The van der Waals surface area contributed by atoms with Crippen molar-refractivity contribution < 1.29 is 34.5 Å². The van der Waals surface area contributed by atoms with Gasteiger partial charge in [-0.15, -0.1) is 0 Å². The van der Waals surface area contributed by atoms with Crippen LogP contribution in [-0.4, -0.2) is 50.0 Å². The Kier molecular flexibility index (Phi) is 3.62. The molecule has 0 unspecified atom stereocenters. The van der Waals surface area contributed by atoms with Crippen LogP contribution in [0.15, 0.2) is 18.2 Å². The number of aliphatic carboxylic acids is 2. The molecule has 2 amide bonds. The molecule has 0 aromatic heterocycles. The molecule has 8 heteroatoms. The van der Waals surface area contributed by atoms with E-state index in [9.17, 15) is 24.3 Å². The Morgan fingerprint density at radius 2 is 1.81 bits per heavy atom. The van der Waals surface area contributed by atoms with E-state index >= 15 is 0 Å². The lowest BCUT2D eigenvalue weighted by Crippen LogP contribution is -2.45. The summed E-state index contributed by atoms with van der Waals surface area (Å²) in [6.07, 6.45) is -0.909. The van der Waals surface area contributed by atoms with Gasteiger partial charge in [0, 0.05) is 6.42 Å². The molecule has 0 aliphatic carbocycles. The molecule has 0 bridgehead atoms. The maximum absolute atomic E-state index is 12.2. The van der Waals surface area contributed by atoms with Crippen molar-refractivity contribution in [3.05, 3.63) is 29.3 Å². The van der Waals surface area contributed by atoms with Crippen molar-refractivity contribution in [3.8, 4) is 5.75 Å². The number of hydrogen-bond acceptors (Lipinski definition) is 5. The summed E-state index contributed by atoms with van der Waals surface area (Å²) in [6.45, 7) is 0. The normalized spacial score (nSPS) is 15.0. The summed E-state index contributed by atoms with van der Waals surface area (Å²) in [7, 11) is 0. The first-order valence-corrected chi connectivity index (χ1v) is 5.99. The third-order valence-corrected chi connectivity index (χ3v) is 3.15. The van der Waals surface area contributed by atoms with E-state index in [-0.39, 0.29) is 11.1 Å². The molecule has 1 atom stereocenters. The van der Waals surface area contributed by atoms with Crippen LogP contribution < -0.4 is 0 Å². The Hall–Kier alpha value is -2.90. The first-order chi connectivity index (χ1) is 9.84. The van der Waals surface area contributed by atoms with Crippen molar-refractivity contribution in [2.45, 2.75) is 18.9 Å². The lowest BCUT2D eigenvalue weighted by molar-refractivity contribution is -0.142. The fourth-order valence-electron chi connectivity index (χ4n) is 2.19. The second-order valence-corrected chi connectivity index (χ2v) is 4.47. The summed E-state index contributed by atoms with van der Waals surface area (Å²) in [6, 6.07) is 2.27. The van der Waals surface area contributed by atoms with Crippen molar-refractivity contribution in [1.29, 1.82) is 0 Å². The number of imide groups is 1. The zero-order chi connectivity index (χ0) is 15.7. The Labute approximate surface area is 118 Å². The molecule has 1 aliphatic heterocycles. The molecule has 21 heavy (non-hydrogen) atoms. The third-order valence-electron chi connectivity index (χ3n) is 3.15. The number of carbonyl (C=O) groups excluding carboxylic acids is 2. The molecular formula is C13H11NO7. The van der Waals surface area contributed by atoms with E-state index in [1.165, 1.54) is 18.2 Å². The molecule has 8 nitrogen and oxygen atoms in total. The summed E-state index contributed by atoms with van der Waals surface area (Å²) < 4.78 is 0. The molecular weight excluding hydrogens is 282 g/mol. The number of nitrogens with zero attached hydrogens (tertiary/aromatic N) is 1. The number of rotatable bonds is 5. The minimum atomic E-state index is -1.59. The number of carbonyl (C=O) groups is 4. The summed E-state index contributed by atoms with van der Waals surface area (Å²) in [5.74, 6) is -4.93. The Morgan fingerprint density at radius 3 is 2.33 bits per heavy atom. The van der Waals surface area contributed by atoms with Gasteiger partial charge in [0.05, 0.1) is 11.1 Å². The highest BCUT2D eigenvalue weighted by atomic mass is 16.4. The summed E-state index contributed by atoms with van der Waals surface area (Å²) in [5.41, 5.74) is -0.356. The second kappa shape index (κ2) is 5.23. The predicted octanol–water partition coefficient (Wildman–Crippen LogP) is 0.306. The van der Waals surface area contributed by atoms with E-state index in [1.807, 2.05) is 0 Å². The van der Waals surface area contributed by atoms with Crippen LogP contribution in [0, 0.1) is 0 Å². The Morgan fingerprint density at radius 1 is 1.14 bits per heavy atom. The van der Waals surface area contributed by atoms with Gasteiger partial charge >= 0.3 is 11.9 Å². The van der Waals surface area contributed by atoms with Crippen LogP contribution in [0.5, 0.6) is 5.75 Å². The number of amides is 2. The molecule has 1 heterocycles. The minimum Gasteiger partial charge on any atom is -0.507 e. The van der Waals surface area contributed by atoms with Gasteiger partial charge in [-0.05, 0) is 18.6 Å². The van der Waals surface area contributed by atoms with Crippen LogP contribution in [-0.2, 0) is 9.59 Å². The molecule has 0 fully saturated rings. The summed E-state index contributed by atoms with van der Waals surface area (Å²) >= 11 is 0. The average molecular weight is 293 g/mol. The van der Waals surface area contributed by atoms with E-state index in [0.717, 1.165) is 0 Å². The SMILES string of the molecule is O=C(O)CC[C@@H](C(=O)O)N1C(=O)c2cccc(O)c2C1=O. The van der Waals surface area contributed by atoms with Crippen LogP contribution in [0.1, 0.15) is 33.6 Å². The largest absolute Gasteiger partial charge is 0.507 e. The molecule has 110 valence electrons. The zero-order valence-corrected chi connectivity index (χ0v) is 10.6. The molecule has 1 aromatic rings. The highest BCUT2D eigenvalue weighted by Crippen LogP contribution is 2.32. The van der Waals surface area contributed by atoms with E-state index in [1.54, 1.807) is 0 Å². The number of phenols is 1. The highest BCUT2D eigenvalue weighted by molar-refractivity contribution is 6.23. The quantitative estimate of drug-likeness (QED) is 0.665. The molecule has 3 N–H and O–H groups in total. The number of benzene rings is 1. The molecule has 0 radical (unpaired) electrons. The summed E-state index contributed by atoms with van der Waals surface area (Å²) in [5, 5.41) is 27.4. The van der Waals surface area contributed by atoms with Crippen LogP contribution in [0.4, 0.5) is 0 Å². The number of carboxylic acids is 2. The molecule has 1 aliphatic rings. The molecule has 0 saturated carbocycles. The fourth-order valence-corrected chi connectivity index (χ4v) is 2.19. The highest BCUT2D eigenvalue weighted by Gasteiger charge is 2.44. The van der Waals surface area contributed by atoms with Gasteiger partial charge in [0.25, 0.3) is 11.8 Å². The molecule has 0 spiro atoms. The van der Waals surface area contributed by atoms with Crippen LogP contribution in [0.25, 0.3) is 0 Å². The fraction of sp³-hybridized carbons (Fsp3) is 0.231. The maximum atomic E-state index is 12.2. The number of carboxylic acid groups (broad SMARTS) is 2. The van der Waals surface area contributed by atoms with Crippen molar-refractivity contribution in [2.75, 3.05) is 0 Å². The van der Waals surface area contributed by atoms with Gasteiger partial charge in [-0.25, -0.2) is 4.79 Å². The summed E-state index contributed by atoms with van der Waals surface area (Å²) in [4.78, 5) is 46.5. The number of aromatic hydroxyl groups is 1. The third kappa shape index (κ3) is 2.42. The number of fused-ring (bicyclic) bond motifs is 1. The van der Waals surface area contributed by atoms with Gasteiger partial charge in [-0.3, -0.25) is 19.3 Å². The lowest BCUT2D eigenvalue weighted by Gasteiger charge is -2.21. The first-order valence-electron chi connectivity index (χ1n) is 5.99.